The van der Waals surface area contributed by atoms with Gasteiger partial charge in [-0.05, 0) is 54.1 Å². The van der Waals surface area contributed by atoms with Crippen molar-refractivity contribution >= 4 is 23.4 Å². The Morgan fingerprint density at radius 3 is 2.27 bits per heavy atom. The average molecular weight is 438 g/mol. The van der Waals surface area contributed by atoms with Crippen LogP contribution in [0.25, 0.3) is 5.69 Å². The number of hydrogen-bond acceptors (Lipinski definition) is 5. The molecule has 0 aliphatic rings. The number of methoxy groups -OCH3 is 1. The van der Waals surface area contributed by atoms with E-state index in [9.17, 15) is 0 Å². The van der Waals surface area contributed by atoms with Crippen LogP contribution in [-0.2, 0) is 12.4 Å². The monoisotopic (exact) mass is 437 g/mol. The quantitative estimate of drug-likeness (QED) is 0.326. The number of thioether (sulfide) groups is 1. The molecular formula is C23H20ClN3O2S. The molecule has 0 aliphatic carbocycles. The molecule has 30 heavy (non-hydrogen) atoms. The first-order valence-electron chi connectivity index (χ1n) is 9.37. The molecule has 7 heteroatoms. The van der Waals surface area contributed by atoms with Crippen molar-refractivity contribution in [3.8, 4) is 17.2 Å². The van der Waals surface area contributed by atoms with E-state index in [0.29, 0.717) is 6.61 Å². The molecule has 0 saturated heterocycles. The van der Waals surface area contributed by atoms with Crippen LogP contribution in [0.15, 0.2) is 84.0 Å². The van der Waals surface area contributed by atoms with Gasteiger partial charge >= 0.3 is 0 Å². The lowest BCUT2D eigenvalue weighted by molar-refractivity contribution is 0.292. The summed E-state index contributed by atoms with van der Waals surface area (Å²) in [6, 6.07) is 25.4. The van der Waals surface area contributed by atoms with Crippen molar-refractivity contribution in [1.82, 2.24) is 14.8 Å². The highest BCUT2D eigenvalue weighted by Gasteiger charge is 2.15. The Balaban J connectivity index is 1.54. The topological polar surface area (TPSA) is 49.2 Å². The molecule has 0 spiro atoms. The Hall–Kier alpha value is -2.96. The van der Waals surface area contributed by atoms with E-state index in [1.54, 1.807) is 18.9 Å². The highest BCUT2D eigenvalue weighted by molar-refractivity contribution is 7.98. The van der Waals surface area contributed by atoms with Crippen LogP contribution in [0.4, 0.5) is 0 Å². The maximum absolute atomic E-state index is 5.99. The fraction of sp³-hybridized carbons (Fsp3) is 0.130. The van der Waals surface area contributed by atoms with E-state index in [-0.39, 0.29) is 0 Å². The van der Waals surface area contributed by atoms with Crippen molar-refractivity contribution < 1.29 is 9.47 Å². The highest BCUT2D eigenvalue weighted by atomic mass is 35.5. The van der Waals surface area contributed by atoms with Crippen LogP contribution >= 0.6 is 23.4 Å². The van der Waals surface area contributed by atoms with Crippen LogP contribution < -0.4 is 9.47 Å². The van der Waals surface area contributed by atoms with Crippen molar-refractivity contribution in [2.24, 2.45) is 0 Å². The fourth-order valence-corrected chi connectivity index (χ4v) is 3.92. The van der Waals surface area contributed by atoms with Crippen molar-refractivity contribution in [1.29, 1.82) is 0 Å². The Morgan fingerprint density at radius 2 is 1.57 bits per heavy atom. The van der Waals surface area contributed by atoms with Crippen LogP contribution in [0.2, 0.25) is 5.02 Å². The molecule has 0 atom stereocenters. The zero-order valence-corrected chi connectivity index (χ0v) is 17.9. The molecule has 1 aromatic heterocycles. The van der Waals surface area contributed by atoms with E-state index in [1.165, 1.54) is 5.56 Å². The second-order valence-electron chi connectivity index (χ2n) is 6.45. The number of benzene rings is 3. The first kappa shape index (κ1) is 20.3. The minimum atomic E-state index is 0.301. The normalized spacial score (nSPS) is 10.7. The maximum Gasteiger partial charge on any atom is 0.196 e. The van der Waals surface area contributed by atoms with E-state index in [4.69, 9.17) is 21.1 Å². The largest absolute Gasteiger partial charge is 0.497 e. The molecule has 0 unspecified atom stereocenters. The smallest absolute Gasteiger partial charge is 0.196 e. The van der Waals surface area contributed by atoms with Gasteiger partial charge in [-0.15, -0.1) is 10.2 Å². The van der Waals surface area contributed by atoms with Crippen molar-refractivity contribution in [2.45, 2.75) is 17.5 Å². The summed E-state index contributed by atoms with van der Waals surface area (Å²) < 4.78 is 13.2. The Labute approximate surface area is 184 Å². The van der Waals surface area contributed by atoms with Gasteiger partial charge in [-0.3, -0.25) is 4.57 Å². The molecule has 4 aromatic rings. The van der Waals surface area contributed by atoms with Crippen molar-refractivity contribution in [2.75, 3.05) is 7.11 Å². The van der Waals surface area contributed by atoms with Crippen LogP contribution in [0.1, 0.15) is 11.4 Å². The van der Waals surface area contributed by atoms with E-state index in [1.807, 2.05) is 83.4 Å². The highest BCUT2D eigenvalue weighted by Crippen LogP contribution is 2.26. The Morgan fingerprint density at radius 1 is 0.867 bits per heavy atom. The van der Waals surface area contributed by atoms with Gasteiger partial charge in [0.05, 0.1) is 7.11 Å². The van der Waals surface area contributed by atoms with E-state index in [0.717, 1.165) is 38.9 Å². The summed E-state index contributed by atoms with van der Waals surface area (Å²) in [5, 5.41) is 10.3. The predicted octanol–water partition coefficient (Wildman–Crippen LogP) is 5.80. The van der Waals surface area contributed by atoms with E-state index < -0.39 is 0 Å². The number of aromatic nitrogens is 3. The third kappa shape index (κ3) is 4.96. The molecule has 1 heterocycles. The van der Waals surface area contributed by atoms with Gasteiger partial charge < -0.3 is 9.47 Å². The zero-order valence-electron chi connectivity index (χ0n) is 16.4. The van der Waals surface area contributed by atoms with Crippen LogP contribution in [0.5, 0.6) is 11.5 Å². The molecule has 0 N–H and O–H groups in total. The first-order chi connectivity index (χ1) is 14.7. The standard InChI is InChI=1S/C23H20ClN3O2S/c1-28-20-11-13-21(14-12-20)29-15-22-25-26-23(27(22)19-5-3-2-4-6-19)30-16-17-7-9-18(24)10-8-17/h2-14H,15-16H2,1H3. The summed E-state index contributed by atoms with van der Waals surface area (Å²) in [5.74, 6) is 3.03. The fourth-order valence-electron chi connectivity index (χ4n) is 2.87. The van der Waals surface area contributed by atoms with Crippen molar-refractivity contribution in [3.63, 3.8) is 0 Å². The summed E-state index contributed by atoms with van der Waals surface area (Å²) in [6.45, 7) is 0.301. The molecule has 0 amide bonds. The SMILES string of the molecule is COc1ccc(OCc2nnc(SCc3ccc(Cl)cc3)n2-c2ccccc2)cc1. The lowest BCUT2D eigenvalue weighted by Crippen LogP contribution is -2.06. The minimum absolute atomic E-state index is 0.301. The number of rotatable bonds is 8. The van der Waals surface area contributed by atoms with Gasteiger partial charge in [-0.25, -0.2) is 0 Å². The van der Waals surface area contributed by atoms with Gasteiger partial charge in [-0.2, -0.15) is 0 Å². The van der Waals surface area contributed by atoms with Gasteiger partial charge in [0.2, 0.25) is 0 Å². The summed E-state index contributed by atoms with van der Waals surface area (Å²) in [6.07, 6.45) is 0. The second-order valence-corrected chi connectivity index (χ2v) is 7.83. The molecular weight excluding hydrogens is 418 g/mol. The molecule has 5 nitrogen and oxygen atoms in total. The van der Waals surface area contributed by atoms with Gasteiger partial charge in [0.1, 0.15) is 18.1 Å². The lowest BCUT2D eigenvalue weighted by Gasteiger charge is -2.11. The number of halogens is 1. The Bertz CT molecular complexity index is 1080. The molecule has 152 valence electrons. The third-order valence-corrected chi connectivity index (χ3v) is 5.68. The van der Waals surface area contributed by atoms with Gasteiger partial charge in [0, 0.05) is 16.5 Å². The number of nitrogens with zero attached hydrogens (tertiary/aromatic N) is 3. The molecule has 0 fully saturated rings. The summed E-state index contributed by atoms with van der Waals surface area (Å²) in [4.78, 5) is 0. The number of hydrogen-bond donors (Lipinski definition) is 0. The molecule has 0 radical (unpaired) electrons. The van der Waals surface area contributed by atoms with Gasteiger partial charge in [0.25, 0.3) is 0 Å². The van der Waals surface area contributed by atoms with Crippen molar-refractivity contribution in [3.05, 3.63) is 95.3 Å². The minimum Gasteiger partial charge on any atom is -0.497 e. The third-order valence-electron chi connectivity index (χ3n) is 4.42. The second kappa shape index (κ2) is 9.69. The first-order valence-corrected chi connectivity index (χ1v) is 10.7. The molecule has 0 bridgehead atoms. The van der Waals surface area contributed by atoms with E-state index in [2.05, 4.69) is 10.2 Å². The predicted molar refractivity (Wildman–Crippen MR) is 120 cm³/mol. The van der Waals surface area contributed by atoms with Gasteiger partial charge in [0.15, 0.2) is 11.0 Å². The van der Waals surface area contributed by atoms with Gasteiger partial charge in [-0.1, -0.05) is 53.7 Å². The van der Waals surface area contributed by atoms with Crippen LogP contribution in [0.3, 0.4) is 0 Å². The lowest BCUT2D eigenvalue weighted by atomic mass is 10.2. The van der Waals surface area contributed by atoms with Crippen LogP contribution in [0, 0.1) is 0 Å². The average Bonchev–Trinajstić information content (AvgIpc) is 3.21. The molecule has 0 aliphatic heterocycles. The summed E-state index contributed by atoms with van der Waals surface area (Å²) in [7, 11) is 1.64. The maximum atomic E-state index is 5.99. The number of para-hydroxylation sites is 1. The molecule has 0 saturated carbocycles. The van der Waals surface area contributed by atoms with Crippen LogP contribution in [-0.4, -0.2) is 21.9 Å². The zero-order chi connectivity index (χ0) is 20.8. The Kier molecular flexibility index (Phi) is 6.57. The summed E-state index contributed by atoms with van der Waals surface area (Å²) in [5.41, 5.74) is 2.16. The number of ether oxygens (including phenoxy) is 2. The molecule has 4 rings (SSSR count). The van der Waals surface area contributed by atoms with E-state index >= 15 is 0 Å². The summed E-state index contributed by atoms with van der Waals surface area (Å²) >= 11 is 7.61. The molecule has 3 aromatic carbocycles.